The maximum Gasteiger partial charge on any atom is 0.224 e. The Morgan fingerprint density at radius 3 is 2.62 bits per heavy atom. The number of aryl methyl sites for hydroxylation is 2. The number of allylic oxidation sites excluding steroid dienone is 1. The van der Waals surface area contributed by atoms with Crippen LogP contribution in [0.5, 0.6) is 11.5 Å². The summed E-state index contributed by atoms with van der Waals surface area (Å²) in [5.74, 6) is 2.77. The first-order valence-corrected chi connectivity index (χ1v) is 12.8. The van der Waals surface area contributed by atoms with Gasteiger partial charge >= 0.3 is 0 Å². The van der Waals surface area contributed by atoms with Crippen LogP contribution in [0.25, 0.3) is 11.0 Å². The number of nitrogens with zero attached hydrogens (tertiary/aromatic N) is 2. The second-order valence-corrected chi connectivity index (χ2v) is 8.95. The van der Waals surface area contributed by atoms with Crippen molar-refractivity contribution in [1.29, 1.82) is 0 Å². The number of nitrogens with one attached hydrogen (secondary N) is 1. The van der Waals surface area contributed by atoms with E-state index in [1.54, 1.807) is 7.11 Å². The molecule has 0 fully saturated rings. The van der Waals surface area contributed by atoms with Crippen molar-refractivity contribution in [3.05, 3.63) is 102 Å². The molecular formula is C31H35N3O3. The number of para-hydroxylation sites is 3. The van der Waals surface area contributed by atoms with Gasteiger partial charge in [0.25, 0.3) is 0 Å². The van der Waals surface area contributed by atoms with E-state index in [1.165, 1.54) is 0 Å². The normalized spacial score (nSPS) is 10.8. The molecule has 6 nitrogen and oxygen atoms in total. The molecule has 0 saturated heterocycles. The van der Waals surface area contributed by atoms with Crippen molar-refractivity contribution in [1.82, 2.24) is 14.9 Å². The van der Waals surface area contributed by atoms with Gasteiger partial charge in [0.15, 0.2) is 0 Å². The Kier molecular flexibility index (Phi) is 9.35. The van der Waals surface area contributed by atoms with Gasteiger partial charge in [-0.05, 0) is 60.7 Å². The number of hydrogen-bond donors (Lipinski definition) is 1. The number of benzene rings is 3. The first-order valence-electron chi connectivity index (χ1n) is 12.8. The summed E-state index contributed by atoms with van der Waals surface area (Å²) >= 11 is 0. The fraction of sp³-hybridized carbons (Fsp3) is 0.290. The lowest BCUT2D eigenvalue weighted by Gasteiger charge is -2.12. The highest BCUT2D eigenvalue weighted by Gasteiger charge is 2.11. The van der Waals surface area contributed by atoms with E-state index >= 15 is 0 Å². The van der Waals surface area contributed by atoms with E-state index in [-0.39, 0.29) is 5.91 Å². The lowest BCUT2D eigenvalue weighted by atomic mass is 10.1. The van der Waals surface area contributed by atoms with Gasteiger partial charge in [-0.2, -0.15) is 0 Å². The Balaban J connectivity index is 1.29. The van der Waals surface area contributed by atoms with Gasteiger partial charge in [-0.3, -0.25) is 4.79 Å². The molecule has 0 aliphatic carbocycles. The zero-order chi connectivity index (χ0) is 25.9. The summed E-state index contributed by atoms with van der Waals surface area (Å²) in [7, 11) is 1.63. The van der Waals surface area contributed by atoms with E-state index in [4.69, 9.17) is 14.5 Å². The summed E-state index contributed by atoms with van der Waals surface area (Å²) in [5, 5.41) is 3.04. The van der Waals surface area contributed by atoms with Gasteiger partial charge in [0.2, 0.25) is 5.91 Å². The van der Waals surface area contributed by atoms with E-state index in [9.17, 15) is 4.79 Å². The number of fused-ring (bicyclic) bond motifs is 1. The largest absolute Gasteiger partial charge is 0.497 e. The summed E-state index contributed by atoms with van der Waals surface area (Å²) in [6.07, 6.45) is 5.53. The predicted molar refractivity (Wildman–Crippen MR) is 148 cm³/mol. The van der Waals surface area contributed by atoms with Crippen LogP contribution in [-0.2, 0) is 30.6 Å². The van der Waals surface area contributed by atoms with E-state index < -0.39 is 0 Å². The Labute approximate surface area is 218 Å². The average Bonchev–Trinajstić information content (AvgIpc) is 3.28. The predicted octanol–water partition coefficient (Wildman–Crippen LogP) is 5.53. The summed E-state index contributed by atoms with van der Waals surface area (Å²) in [6, 6.07) is 23.9. The molecule has 0 radical (unpaired) electrons. The highest BCUT2D eigenvalue weighted by atomic mass is 16.5. The van der Waals surface area contributed by atoms with Gasteiger partial charge in [-0.15, -0.1) is 6.58 Å². The molecule has 3 aromatic carbocycles. The summed E-state index contributed by atoms with van der Waals surface area (Å²) in [4.78, 5) is 17.2. The molecule has 6 heteroatoms. The molecule has 1 amide bonds. The lowest BCUT2D eigenvalue weighted by Crippen LogP contribution is -2.26. The third-order valence-corrected chi connectivity index (χ3v) is 6.28. The minimum Gasteiger partial charge on any atom is -0.497 e. The fourth-order valence-electron chi connectivity index (χ4n) is 4.40. The third kappa shape index (κ3) is 7.23. The van der Waals surface area contributed by atoms with E-state index in [0.29, 0.717) is 19.6 Å². The van der Waals surface area contributed by atoms with Crippen LogP contribution in [0.4, 0.5) is 0 Å². The molecule has 1 N–H and O–H groups in total. The van der Waals surface area contributed by atoms with E-state index in [0.717, 1.165) is 71.7 Å². The maximum atomic E-state index is 12.4. The van der Waals surface area contributed by atoms with Crippen molar-refractivity contribution < 1.29 is 14.3 Å². The molecule has 37 heavy (non-hydrogen) atoms. The number of carbonyl (C=O) groups excluding carboxylic acids is 1. The minimum absolute atomic E-state index is 0.0209. The number of rotatable bonds is 14. The zero-order valence-electron chi connectivity index (χ0n) is 21.5. The van der Waals surface area contributed by atoms with Crippen LogP contribution in [0.15, 0.2) is 85.5 Å². The number of imidazole rings is 1. The van der Waals surface area contributed by atoms with Gasteiger partial charge in [0.1, 0.15) is 17.3 Å². The van der Waals surface area contributed by atoms with Crippen LogP contribution in [-0.4, -0.2) is 35.7 Å². The van der Waals surface area contributed by atoms with Crippen molar-refractivity contribution in [2.75, 3.05) is 20.3 Å². The first-order chi connectivity index (χ1) is 18.2. The van der Waals surface area contributed by atoms with Crippen molar-refractivity contribution in [3.8, 4) is 11.5 Å². The molecule has 0 aliphatic heterocycles. The second-order valence-electron chi connectivity index (χ2n) is 8.95. The number of hydrogen-bond acceptors (Lipinski definition) is 4. The zero-order valence-corrected chi connectivity index (χ0v) is 21.5. The van der Waals surface area contributed by atoms with Crippen molar-refractivity contribution in [3.63, 3.8) is 0 Å². The highest BCUT2D eigenvalue weighted by molar-refractivity contribution is 5.78. The van der Waals surface area contributed by atoms with Crippen LogP contribution in [0.1, 0.15) is 29.8 Å². The highest BCUT2D eigenvalue weighted by Crippen LogP contribution is 2.20. The van der Waals surface area contributed by atoms with Gasteiger partial charge in [0.05, 0.1) is 31.2 Å². The first kappa shape index (κ1) is 26.0. The molecule has 4 rings (SSSR count). The van der Waals surface area contributed by atoms with E-state index in [1.807, 2.05) is 66.7 Å². The van der Waals surface area contributed by atoms with Crippen LogP contribution in [0.3, 0.4) is 0 Å². The van der Waals surface area contributed by atoms with Crippen LogP contribution < -0.4 is 14.8 Å². The molecule has 0 atom stereocenters. The Hall–Kier alpha value is -4.06. The molecule has 1 aromatic heterocycles. The number of amides is 1. The monoisotopic (exact) mass is 497 g/mol. The molecule has 0 unspecified atom stereocenters. The maximum absolute atomic E-state index is 12.4. The quantitative estimate of drug-likeness (QED) is 0.184. The third-order valence-electron chi connectivity index (χ3n) is 6.28. The SMILES string of the molecule is C=CCc1ccccc1OCCCn1c(CCCNC(=O)Cc2ccc(OC)cc2)nc2ccccc21. The summed E-state index contributed by atoms with van der Waals surface area (Å²) < 4.78 is 13.5. The molecular weight excluding hydrogens is 462 g/mol. The number of carbonyl (C=O) groups is 1. The molecule has 4 aromatic rings. The van der Waals surface area contributed by atoms with Crippen molar-refractivity contribution in [2.45, 2.75) is 38.6 Å². The van der Waals surface area contributed by atoms with Gasteiger partial charge < -0.3 is 19.4 Å². The standard InChI is InChI=1S/C31H35N3O3/c1-3-10-25-11-4-7-14-29(25)37-22-9-21-34-28-13-6-5-12-27(28)33-30(34)15-8-20-32-31(35)23-24-16-18-26(36-2)19-17-24/h3-7,11-14,16-19H,1,8-10,15,20-23H2,2H3,(H,32,35). The van der Waals surface area contributed by atoms with Crippen LogP contribution in [0.2, 0.25) is 0 Å². The topological polar surface area (TPSA) is 65.4 Å². The molecule has 1 heterocycles. The molecule has 0 spiro atoms. The molecule has 0 aliphatic rings. The fourth-order valence-corrected chi connectivity index (χ4v) is 4.40. The van der Waals surface area contributed by atoms with Crippen molar-refractivity contribution >= 4 is 16.9 Å². The average molecular weight is 498 g/mol. The number of ether oxygens (including phenoxy) is 2. The van der Waals surface area contributed by atoms with Gasteiger partial charge in [0, 0.05) is 19.5 Å². The Bertz CT molecular complexity index is 1310. The van der Waals surface area contributed by atoms with E-state index in [2.05, 4.69) is 28.6 Å². The summed E-state index contributed by atoms with van der Waals surface area (Å²) in [6.45, 7) is 5.90. The smallest absolute Gasteiger partial charge is 0.224 e. The molecule has 0 saturated carbocycles. The second kappa shape index (κ2) is 13.3. The van der Waals surface area contributed by atoms with Crippen LogP contribution in [0, 0.1) is 0 Å². The Morgan fingerprint density at radius 2 is 1.81 bits per heavy atom. The number of methoxy groups -OCH3 is 1. The summed E-state index contributed by atoms with van der Waals surface area (Å²) in [5.41, 5.74) is 4.25. The van der Waals surface area contributed by atoms with Crippen molar-refractivity contribution in [2.24, 2.45) is 0 Å². The molecule has 192 valence electrons. The number of aromatic nitrogens is 2. The van der Waals surface area contributed by atoms with Gasteiger partial charge in [-0.25, -0.2) is 4.98 Å². The van der Waals surface area contributed by atoms with Gasteiger partial charge in [-0.1, -0.05) is 48.5 Å². The van der Waals surface area contributed by atoms with Crippen LogP contribution >= 0.6 is 0 Å². The Morgan fingerprint density at radius 1 is 1.03 bits per heavy atom. The molecule has 0 bridgehead atoms. The lowest BCUT2D eigenvalue weighted by molar-refractivity contribution is -0.120. The minimum atomic E-state index is 0.0209.